The molecule has 25 heavy (non-hydrogen) atoms. The third-order valence-corrected chi connectivity index (χ3v) is 4.49. The molecule has 1 aromatic carbocycles. The largest absolute Gasteiger partial charge is 0.373 e. The van der Waals surface area contributed by atoms with Crippen LogP contribution in [0.15, 0.2) is 47.4 Å². The zero-order valence-electron chi connectivity index (χ0n) is 14.1. The van der Waals surface area contributed by atoms with E-state index in [4.69, 9.17) is 4.74 Å². The Hall–Kier alpha value is -2.47. The number of rotatable bonds is 5. The number of carbonyl (C=O) groups excluding carboxylic acids is 1. The first-order valence-corrected chi connectivity index (χ1v) is 8.33. The number of ether oxygens (including phenoxy) is 1. The Morgan fingerprint density at radius 1 is 1.32 bits per heavy atom. The Balaban J connectivity index is 1.75. The van der Waals surface area contributed by atoms with Crippen molar-refractivity contribution in [2.75, 3.05) is 13.2 Å². The number of nitrogens with one attached hydrogen (secondary N) is 1. The number of aromatic nitrogens is 1. The molecule has 3 rings (SSSR count). The summed E-state index contributed by atoms with van der Waals surface area (Å²) in [4.78, 5) is 24.9. The minimum absolute atomic E-state index is 0.0421. The lowest BCUT2D eigenvalue weighted by molar-refractivity contribution is 0.0206. The fraction of sp³-hybridized carbons (Fsp3) is 0.368. The van der Waals surface area contributed by atoms with Crippen LogP contribution in [0.5, 0.6) is 0 Å². The Kier molecular flexibility index (Phi) is 4.99. The van der Waals surface area contributed by atoms with Gasteiger partial charge in [-0.25, -0.2) is 4.39 Å². The van der Waals surface area contributed by atoms with E-state index in [1.54, 1.807) is 30.5 Å². The summed E-state index contributed by atoms with van der Waals surface area (Å²) in [6.45, 7) is 3.07. The van der Waals surface area contributed by atoms with Crippen LogP contribution in [0.1, 0.15) is 35.7 Å². The highest BCUT2D eigenvalue weighted by atomic mass is 19.1. The summed E-state index contributed by atoms with van der Waals surface area (Å²) in [5.74, 6) is -0.819. The molecule has 5 nitrogen and oxygen atoms in total. The smallest absolute Gasteiger partial charge is 0.263 e. The summed E-state index contributed by atoms with van der Waals surface area (Å²) < 4.78 is 20.8. The standard InChI is InChI=1S/C19H21FN2O3/c1-19(9-5-11-25-19)13-21-17(23)15-7-4-10-22(18(15)24)12-14-6-2-3-8-16(14)20/h2-4,6-8,10H,5,9,11-13H2,1H3,(H,21,23)/t19-/m0/s1. The van der Waals surface area contributed by atoms with Crippen molar-refractivity contribution in [2.24, 2.45) is 0 Å². The summed E-state index contributed by atoms with van der Waals surface area (Å²) >= 11 is 0. The molecule has 1 aliphatic heterocycles. The Labute approximate surface area is 145 Å². The van der Waals surface area contributed by atoms with E-state index in [2.05, 4.69) is 5.32 Å². The van der Waals surface area contributed by atoms with Crippen molar-refractivity contribution in [1.29, 1.82) is 0 Å². The minimum Gasteiger partial charge on any atom is -0.373 e. The maximum Gasteiger partial charge on any atom is 0.263 e. The molecule has 1 aromatic heterocycles. The lowest BCUT2D eigenvalue weighted by Gasteiger charge is -2.23. The van der Waals surface area contributed by atoms with Crippen molar-refractivity contribution < 1.29 is 13.9 Å². The van der Waals surface area contributed by atoms with Crippen molar-refractivity contribution in [3.8, 4) is 0 Å². The van der Waals surface area contributed by atoms with E-state index >= 15 is 0 Å². The van der Waals surface area contributed by atoms with Crippen LogP contribution in [-0.4, -0.2) is 29.2 Å². The fourth-order valence-electron chi connectivity index (χ4n) is 2.98. The molecule has 1 N–H and O–H groups in total. The predicted octanol–water partition coefficient (Wildman–Crippen LogP) is 2.33. The Morgan fingerprint density at radius 3 is 2.84 bits per heavy atom. The number of halogens is 1. The Morgan fingerprint density at radius 2 is 2.12 bits per heavy atom. The SMILES string of the molecule is C[C@@]1(CNC(=O)c2cccn(Cc3ccccc3F)c2=O)CCCO1. The van der Waals surface area contributed by atoms with E-state index < -0.39 is 11.5 Å². The number of pyridine rings is 1. The van der Waals surface area contributed by atoms with Gasteiger partial charge >= 0.3 is 0 Å². The van der Waals surface area contributed by atoms with Crippen molar-refractivity contribution in [2.45, 2.75) is 31.9 Å². The molecule has 0 spiro atoms. The molecule has 0 radical (unpaired) electrons. The molecule has 132 valence electrons. The molecule has 6 heteroatoms. The molecule has 1 fully saturated rings. The van der Waals surface area contributed by atoms with Gasteiger partial charge in [0.1, 0.15) is 11.4 Å². The van der Waals surface area contributed by atoms with Crippen LogP contribution in [0.3, 0.4) is 0 Å². The zero-order valence-corrected chi connectivity index (χ0v) is 14.1. The first-order chi connectivity index (χ1) is 12.0. The van der Waals surface area contributed by atoms with Gasteiger partial charge in [-0.15, -0.1) is 0 Å². The molecule has 0 bridgehead atoms. The first kappa shape index (κ1) is 17.4. The molecular weight excluding hydrogens is 323 g/mol. The highest BCUT2D eigenvalue weighted by molar-refractivity contribution is 5.93. The van der Waals surface area contributed by atoms with Crippen LogP contribution in [0.2, 0.25) is 0 Å². The molecular formula is C19H21FN2O3. The molecule has 2 heterocycles. The van der Waals surface area contributed by atoms with E-state index in [1.165, 1.54) is 16.7 Å². The summed E-state index contributed by atoms with van der Waals surface area (Å²) in [7, 11) is 0. The number of amides is 1. The Bertz CT molecular complexity index is 825. The first-order valence-electron chi connectivity index (χ1n) is 8.33. The minimum atomic E-state index is -0.444. The second-order valence-corrected chi connectivity index (χ2v) is 6.53. The second-order valence-electron chi connectivity index (χ2n) is 6.53. The van der Waals surface area contributed by atoms with Gasteiger partial charge < -0.3 is 14.6 Å². The average molecular weight is 344 g/mol. The number of benzene rings is 1. The van der Waals surface area contributed by atoms with Crippen LogP contribution >= 0.6 is 0 Å². The van der Waals surface area contributed by atoms with Crippen LogP contribution in [0.25, 0.3) is 0 Å². The molecule has 1 amide bonds. The van der Waals surface area contributed by atoms with E-state index in [0.717, 1.165) is 12.8 Å². The van der Waals surface area contributed by atoms with Gasteiger partial charge in [0.2, 0.25) is 0 Å². The summed E-state index contributed by atoms with van der Waals surface area (Å²) in [5, 5.41) is 2.77. The maximum atomic E-state index is 13.8. The summed E-state index contributed by atoms with van der Waals surface area (Å²) in [6.07, 6.45) is 3.39. The van der Waals surface area contributed by atoms with E-state index in [0.29, 0.717) is 18.7 Å². The van der Waals surface area contributed by atoms with Crippen molar-refractivity contribution in [3.05, 3.63) is 69.9 Å². The van der Waals surface area contributed by atoms with Gasteiger partial charge in [0.25, 0.3) is 11.5 Å². The lowest BCUT2D eigenvalue weighted by Crippen LogP contribution is -2.42. The molecule has 1 saturated heterocycles. The third kappa shape index (κ3) is 3.96. The quantitative estimate of drug-likeness (QED) is 0.906. The van der Waals surface area contributed by atoms with Crippen molar-refractivity contribution in [3.63, 3.8) is 0 Å². The van der Waals surface area contributed by atoms with Gasteiger partial charge in [0.15, 0.2) is 0 Å². The van der Waals surface area contributed by atoms with E-state index in [9.17, 15) is 14.0 Å². The van der Waals surface area contributed by atoms with Gasteiger partial charge in [-0.1, -0.05) is 18.2 Å². The molecule has 0 unspecified atom stereocenters. The second kappa shape index (κ2) is 7.19. The summed E-state index contributed by atoms with van der Waals surface area (Å²) in [5.41, 5.74) is -0.383. The number of carbonyl (C=O) groups is 1. The number of nitrogens with zero attached hydrogens (tertiary/aromatic N) is 1. The average Bonchev–Trinajstić information content (AvgIpc) is 3.04. The zero-order chi connectivity index (χ0) is 17.9. The lowest BCUT2D eigenvalue weighted by atomic mass is 10.0. The molecule has 1 aliphatic rings. The van der Waals surface area contributed by atoms with Crippen LogP contribution in [-0.2, 0) is 11.3 Å². The molecule has 0 saturated carbocycles. The van der Waals surface area contributed by atoms with Crippen LogP contribution in [0, 0.1) is 5.82 Å². The van der Waals surface area contributed by atoms with Crippen LogP contribution < -0.4 is 10.9 Å². The maximum absolute atomic E-state index is 13.8. The topological polar surface area (TPSA) is 60.3 Å². The molecule has 0 aliphatic carbocycles. The molecule has 1 atom stereocenters. The van der Waals surface area contributed by atoms with Crippen LogP contribution in [0.4, 0.5) is 4.39 Å². The highest BCUT2D eigenvalue weighted by Gasteiger charge is 2.30. The van der Waals surface area contributed by atoms with Gasteiger partial charge in [-0.05, 0) is 38.0 Å². The van der Waals surface area contributed by atoms with E-state index in [1.807, 2.05) is 6.92 Å². The van der Waals surface area contributed by atoms with Crippen molar-refractivity contribution in [1.82, 2.24) is 9.88 Å². The highest BCUT2D eigenvalue weighted by Crippen LogP contribution is 2.23. The summed E-state index contributed by atoms with van der Waals surface area (Å²) in [6, 6.07) is 9.36. The third-order valence-electron chi connectivity index (χ3n) is 4.49. The van der Waals surface area contributed by atoms with Gasteiger partial charge in [0, 0.05) is 24.9 Å². The molecule has 2 aromatic rings. The normalized spacial score (nSPS) is 19.8. The number of hydrogen-bond donors (Lipinski definition) is 1. The predicted molar refractivity (Wildman–Crippen MR) is 92.1 cm³/mol. The number of hydrogen-bond acceptors (Lipinski definition) is 3. The van der Waals surface area contributed by atoms with Gasteiger partial charge in [-0.3, -0.25) is 9.59 Å². The van der Waals surface area contributed by atoms with Gasteiger partial charge in [-0.2, -0.15) is 0 Å². The van der Waals surface area contributed by atoms with Gasteiger partial charge in [0.05, 0.1) is 12.1 Å². The van der Waals surface area contributed by atoms with Crippen molar-refractivity contribution >= 4 is 5.91 Å². The van der Waals surface area contributed by atoms with E-state index in [-0.39, 0.29) is 23.5 Å². The monoisotopic (exact) mass is 344 g/mol. The fourth-order valence-corrected chi connectivity index (χ4v) is 2.98.